The summed E-state index contributed by atoms with van der Waals surface area (Å²) >= 11 is 0. The largest absolute Gasteiger partial charge is 0.367 e. The Morgan fingerprint density at radius 1 is 1.23 bits per heavy atom. The van der Waals surface area contributed by atoms with Gasteiger partial charge in [0.05, 0.1) is 11.4 Å². The summed E-state index contributed by atoms with van der Waals surface area (Å²) in [7, 11) is -2.95. The summed E-state index contributed by atoms with van der Waals surface area (Å²) in [5, 5.41) is 6.49. The van der Waals surface area contributed by atoms with Crippen molar-refractivity contribution in [3.8, 4) is 0 Å². The van der Waals surface area contributed by atoms with E-state index in [1.54, 1.807) is 6.07 Å². The number of aliphatic imine (C=N–C) groups is 1. The van der Waals surface area contributed by atoms with Gasteiger partial charge in [-0.15, -0.1) is 0 Å². The van der Waals surface area contributed by atoms with E-state index in [9.17, 15) is 12.8 Å². The molecule has 1 heterocycles. The lowest BCUT2D eigenvalue weighted by atomic mass is 10.2. The van der Waals surface area contributed by atoms with Crippen molar-refractivity contribution in [3.05, 3.63) is 30.1 Å². The molecule has 7 nitrogen and oxygen atoms in total. The molecule has 9 heteroatoms. The first kappa shape index (κ1) is 24.4. The van der Waals surface area contributed by atoms with Crippen LogP contribution < -0.4 is 15.5 Å². The zero-order chi connectivity index (χ0) is 22.0. The number of nitrogens with one attached hydrogen (secondary N) is 2. The number of para-hydroxylation sites is 1. The van der Waals surface area contributed by atoms with Gasteiger partial charge in [0.1, 0.15) is 15.7 Å². The number of rotatable bonds is 10. The summed E-state index contributed by atoms with van der Waals surface area (Å²) in [6.07, 6.45) is 2.75. The molecule has 1 atom stereocenters. The van der Waals surface area contributed by atoms with Gasteiger partial charge in [-0.2, -0.15) is 0 Å². The molecule has 0 aliphatic carbocycles. The number of hydrogen-bond acceptors (Lipinski definition) is 5. The Kier molecular flexibility index (Phi) is 9.84. The van der Waals surface area contributed by atoms with E-state index in [-0.39, 0.29) is 17.6 Å². The van der Waals surface area contributed by atoms with Crippen LogP contribution in [0.4, 0.5) is 10.1 Å². The summed E-state index contributed by atoms with van der Waals surface area (Å²) in [6, 6.07) is 6.98. The second kappa shape index (κ2) is 12.1. The fraction of sp³-hybridized carbons (Fsp3) is 0.667. The Bertz CT molecular complexity index is 779. The third-order valence-electron chi connectivity index (χ3n) is 5.12. The minimum Gasteiger partial charge on any atom is -0.367 e. The number of nitrogens with zero attached hydrogens (tertiary/aromatic N) is 3. The van der Waals surface area contributed by atoms with Gasteiger partial charge < -0.3 is 15.5 Å². The van der Waals surface area contributed by atoms with Gasteiger partial charge in [0.25, 0.3) is 0 Å². The van der Waals surface area contributed by atoms with Crippen LogP contribution in [0.3, 0.4) is 0 Å². The topological polar surface area (TPSA) is 77.0 Å². The van der Waals surface area contributed by atoms with Gasteiger partial charge in [-0.1, -0.05) is 12.1 Å². The van der Waals surface area contributed by atoms with Gasteiger partial charge in [0.15, 0.2) is 5.96 Å². The highest BCUT2D eigenvalue weighted by molar-refractivity contribution is 7.90. The number of guanidine groups is 1. The number of sulfone groups is 1. The highest BCUT2D eigenvalue weighted by Crippen LogP contribution is 2.20. The van der Waals surface area contributed by atoms with Crippen LogP contribution in [0, 0.1) is 5.82 Å². The number of benzene rings is 1. The van der Waals surface area contributed by atoms with E-state index in [2.05, 4.69) is 25.4 Å². The minimum absolute atomic E-state index is 0.0315. The first-order chi connectivity index (χ1) is 14.3. The first-order valence-electron chi connectivity index (χ1n) is 10.7. The molecule has 1 unspecified atom stereocenters. The maximum absolute atomic E-state index is 13.9. The van der Waals surface area contributed by atoms with Gasteiger partial charge in [0, 0.05) is 58.1 Å². The van der Waals surface area contributed by atoms with Crippen molar-refractivity contribution in [1.29, 1.82) is 0 Å². The van der Waals surface area contributed by atoms with Crippen LogP contribution in [0.5, 0.6) is 0 Å². The van der Waals surface area contributed by atoms with Crippen molar-refractivity contribution in [1.82, 2.24) is 15.5 Å². The number of piperazine rings is 1. The fourth-order valence-corrected chi connectivity index (χ4v) is 4.20. The molecule has 0 saturated carbocycles. The van der Waals surface area contributed by atoms with Crippen LogP contribution in [0.15, 0.2) is 29.3 Å². The van der Waals surface area contributed by atoms with E-state index in [1.165, 1.54) is 12.3 Å². The van der Waals surface area contributed by atoms with Crippen molar-refractivity contribution in [2.45, 2.75) is 32.7 Å². The monoisotopic (exact) mass is 441 g/mol. The van der Waals surface area contributed by atoms with Gasteiger partial charge in [-0.25, -0.2) is 12.8 Å². The molecule has 1 aliphatic heterocycles. The standard InChI is InChI=1S/C21H36FN5O2S/c1-4-23-21(25-18(2)10-17-30(3,28)29)24-11-7-12-26-13-15-27(16-14-26)20-9-6-5-8-19(20)22/h5-6,8-9,18H,4,7,10-17H2,1-3H3,(H2,23,24,25). The average Bonchev–Trinajstić information content (AvgIpc) is 2.70. The van der Waals surface area contributed by atoms with E-state index >= 15 is 0 Å². The minimum atomic E-state index is -2.95. The van der Waals surface area contributed by atoms with E-state index in [4.69, 9.17) is 0 Å². The first-order valence-corrected chi connectivity index (χ1v) is 12.8. The summed E-state index contributed by atoms with van der Waals surface area (Å²) in [5.74, 6) is 0.733. The zero-order valence-electron chi connectivity index (χ0n) is 18.4. The maximum atomic E-state index is 13.9. The molecule has 0 spiro atoms. The normalized spacial score (nSPS) is 17.1. The van der Waals surface area contributed by atoms with Crippen LogP contribution in [-0.2, 0) is 9.84 Å². The number of hydrogen-bond donors (Lipinski definition) is 2. The number of halogens is 1. The smallest absolute Gasteiger partial charge is 0.191 e. The molecule has 1 aromatic rings. The van der Waals surface area contributed by atoms with Crippen molar-refractivity contribution < 1.29 is 12.8 Å². The third kappa shape index (κ3) is 8.87. The molecule has 0 aromatic heterocycles. The predicted octanol–water partition coefficient (Wildman–Crippen LogP) is 1.72. The van der Waals surface area contributed by atoms with Gasteiger partial charge >= 0.3 is 0 Å². The quantitative estimate of drug-likeness (QED) is 0.327. The van der Waals surface area contributed by atoms with E-state index < -0.39 is 9.84 Å². The molecule has 1 fully saturated rings. The van der Waals surface area contributed by atoms with Crippen LogP contribution in [-0.4, -0.2) is 83.1 Å². The fourth-order valence-electron chi connectivity index (χ4n) is 3.42. The van der Waals surface area contributed by atoms with Crippen molar-refractivity contribution in [2.24, 2.45) is 4.99 Å². The van der Waals surface area contributed by atoms with Crippen LogP contribution >= 0.6 is 0 Å². The maximum Gasteiger partial charge on any atom is 0.191 e. The molecule has 0 amide bonds. The lowest BCUT2D eigenvalue weighted by molar-refractivity contribution is 0.256. The molecule has 1 aromatic carbocycles. The average molecular weight is 442 g/mol. The summed E-state index contributed by atoms with van der Waals surface area (Å²) in [6.45, 7) is 9.86. The third-order valence-corrected chi connectivity index (χ3v) is 6.09. The molecule has 1 saturated heterocycles. The summed E-state index contributed by atoms with van der Waals surface area (Å²) in [5.41, 5.74) is 0.688. The van der Waals surface area contributed by atoms with Crippen LogP contribution in [0.1, 0.15) is 26.7 Å². The lowest BCUT2D eigenvalue weighted by Crippen LogP contribution is -2.47. The molecule has 2 N–H and O–H groups in total. The molecule has 1 aliphatic rings. The molecular formula is C21H36FN5O2S. The second-order valence-corrected chi connectivity index (χ2v) is 10.1. The molecule has 0 radical (unpaired) electrons. The van der Waals surface area contributed by atoms with E-state index in [0.717, 1.165) is 51.6 Å². The SMILES string of the molecule is CCNC(=NCCCN1CCN(c2ccccc2F)CC1)NC(C)CCS(C)(=O)=O. The number of anilines is 1. The predicted molar refractivity (Wildman–Crippen MR) is 123 cm³/mol. The summed E-state index contributed by atoms with van der Waals surface area (Å²) < 4.78 is 36.6. The lowest BCUT2D eigenvalue weighted by Gasteiger charge is -2.36. The molecule has 0 bridgehead atoms. The van der Waals surface area contributed by atoms with Crippen LogP contribution in [0.2, 0.25) is 0 Å². The Morgan fingerprint density at radius 2 is 1.93 bits per heavy atom. The zero-order valence-corrected chi connectivity index (χ0v) is 19.2. The van der Waals surface area contributed by atoms with Crippen molar-refractivity contribution >= 4 is 21.5 Å². The van der Waals surface area contributed by atoms with Gasteiger partial charge in [0.2, 0.25) is 0 Å². The van der Waals surface area contributed by atoms with Crippen LogP contribution in [0.25, 0.3) is 0 Å². The van der Waals surface area contributed by atoms with Crippen molar-refractivity contribution in [2.75, 3.05) is 62.7 Å². The summed E-state index contributed by atoms with van der Waals surface area (Å²) in [4.78, 5) is 9.11. The molecule has 170 valence electrons. The van der Waals surface area contributed by atoms with E-state index in [1.807, 2.05) is 26.0 Å². The highest BCUT2D eigenvalue weighted by Gasteiger charge is 2.18. The van der Waals surface area contributed by atoms with E-state index in [0.29, 0.717) is 18.7 Å². The second-order valence-electron chi connectivity index (χ2n) is 7.86. The van der Waals surface area contributed by atoms with Crippen molar-refractivity contribution in [3.63, 3.8) is 0 Å². The Hall–Kier alpha value is -1.87. The Balaban J connectivity index is 1.71. The van der Waals surface area contributed by atoms with Gasteiger partial charge in [-0.3, -0.25) is 9.89 Å². The Labute approximate surface area is 180 Å². The van der Waals surface area contributed by atoms with Gasteiger partial charge in [-0.05, 0) is 38.8 Å². The molecule has 2 rings (SSSR count). The highest BCUT2D eigenvalue weighted by atomic mass is 32.2. The molecular weight excluding hydrogens is 405 g/mol. The molecule has 30 heavy (non-hydrogen) atoms. The Morgan fingerprint density at radius 3 is 2.57 bits per heavy atom.